The molecule has 1 aliphatic heterocycles. The van der Waals surface area contributed by atoms with Gasteiger partial charge < -0.3 is 20.1 Å². The molecule has 9 heteroatoms. The summed E-state index contributed by atoms with van der Waals surface area (Å²) in [5, 5.41) is 42.5. The largest absolute Gasteiger partial charge is 0.394 e. The van der Waals surface area contributed by atoms with Gasteiger partial charge in [-0.15, -0.1) is 0 Å². The van der Waals surface area contributed by atoms with E-state index < -0.39 is 30.5 Å². The highest BCUT2D eigenvalue weighted by atomic mass is 16.6. The van der Waals surface area contributed by atoms with Crippen LogP contribution in [0.3, 0.4) is 0 Å². The summed E-state index contributed by atoms with van der Waals surface area (Å²) in [5.74, 6) is 0.201. The Morgan fingerprint density at radius 1 is 1.43 bits per heavy atom. The van der Waals surface area contributed by atoms with Gasteiger partial charge in [0.25, 0.3) is 0 Å². The summed E-state index contributed by atoms with van der Waals surface area (Å²) in [4.78, 5) is 3.87. The molecule has 2 aromatic rings. The van der Waals surface area contributed by atoms with E-state index in [-0.39, 0.29) is 5.82 Å². The molecule has 0 aromatic carbocycles. The highest BCUT2D eigenvalue weighted by Gasteiger charge is 2.53. The second-order valence-corrected chi connectivity index (χ2v) is 5.12. The van der Waals surface area contributed by atoms with Gasteiger partial charge in [0.05, 0.1) is 12.3 Å². The van der Waals surface area contributed by atoms with Crippen LogP contribution in [-0.4, -0.2) is 60.0 Å². The van der Waals surface area contributed by atoms with Crippen LogP contribution in [0.4, 0.5) is 5.82 Å². The van der Waals surface area contributed by atoms with E-state index >= 15 is 0 Å². The van der Waals surface area contributed by atoms with Crippen LogP contribution in [0.1, 0.15) is 12.6 Å². The molecule has 0 aliphatic carbocycles. The molecule has 2 aromatic heterocycles. The first-order chi connectivity index (χ1) is 10.0. The molecular weight excluding hydrogens is 280 g/mol. The Labute approximate surface area is 119 Å². The van der Waals surface area contributed by atoms with Gasteiger partial charge in [-0.1, -0.05) is 0 Å². The van der Waals surface area contributed by atoms with Gasteiger partial charge >= 0.3 is 0 Å². The second-order valence-electron chi connectivity index (χ2n) is 5.12. The zero-order chi connectivity index (χ0) is 15.2. The van der Waals surface area contributed by atoms with Gasteiger partial charge in [0.2, 0.25) is 0 Å². The molecule has 9 nitrogen and oxygen atoms in total. The van der Waals surface area contributed by atoms with Crippen molar-refractivity contribution in [2.75, 3.05) is 12.1 Å². The number of hydrogen-bond donors (Lipinski definition) is 5. The van der Waals surface area contributed by atoms with E-state index in [1.165, 1.54) is 10.8 Å². The molecule has 21 heavy (non-hydrogen) atoms. The van der Waals surface area contributed by atoms with Crippen LogP contribution in [0.25, 0.3) is 5.52 Å². The third-order valence-electron chi connectivity index (χ3n) is 3.91. The minimum absolute atomic E-state index is 0.201. The van der Waals surface area contributed by atoms with Crippen LogP contribution >= 0.6 is 0 Å². The lowest BCUT2D eigenvalue weighted by Crippen LogP contribution is -2.39. The maximum atomic E-state index is 10.3. The molecular formula is C12H16N4O5. The summed E-state index contributed by atoms with van der Waals surface area (Å²) in [6.07, 6.45) is -2.08. The Morgan fingerprint density at radius 3 is 2.81 bits per heavy atom. The fourth-order valence-corrected chi connectivity index (χ4v) is 2.74. The Kier molecular flexibility index (Phi) is 3.30. The molecule has 114 valence electrons. The van der Waals surface area contributed by atoms with Crippen LogP contribution in [0.2, 0.25) is 0 Å². The first kappa shape index (κ1) is 14.2. The molecule has 0 unspecified atom stereocenters. The van der Waals surface area contributed by atoms with Crippen LogP contribution in [-0.2, 0) is 10.3 Å². The van der Waals surface area contributed by atoms with Crippen molar-refractivity contribution >= 4 is 11.3 Å². The number of nitrogens with one attached hydrogen (secondary N) is 1. The Morgan fingerprint density at radius 2 is 2.19 bits per heavy atom. The molecule has 0 amide bonds. The third kappa shape index (κ3) is 1.90. The third-order valence-corrected chi connectivity index (χ3v) is 3.91. The lowest BCUT2D eigenvalue weighted by molar-refractivity contribution is -0.0890. The number of aliphatic hydroxyl groups is 3. The number of aromatic nitrogens is 3. The van der Waals surface area contributed by atoms with Crippen molar-refractivity contribution in [1.29, 1.82) is 0 Å². The molecule has 3 heterocycles. The zero-order valence-electron chi connectivity index (χ0n) is 11.2. The number of hydrogen-bond acceptors (Lipinski definition) is 8. The lowest BCUT2D eigenvalue weighted by atomic mass is 9.93. The molecule has 1 saturated heterocycles. The van der Waals surface area contributed by atoms with Crippen LogP contribution in [0.5, 0.6) is 0 Å². The number of fused-ring (bicyclic) bond motifs is 1. The minimum atomic E-state index is -1.25. The van der Waals surface area contributed by atoms with Crippen LogP contribution < -0.4 is 5.48 Å². The molecule has 5 N–H and O–H groups in total. The van der Waals surface area contributed by atoms with Gasteiger partial charge in [-0.25, -0.2) is 9.50 Å². The molecule has 1 aliphatic rings. The van der Waals surface area contributed by atoms with Gasteiger partial charge in [0, 0.05) is 0 Å². The van der Waals surface area contributed by atoms with E-state index in [0.717, 1.165) is 0 Å². The predicted molar refractivity (Wildman–Crippen MR) is 69.7 cm³/mol. The molecule has 0 bridgehead atoms. The van der Waals surface area contributed by atoms with E-state index in [0.29, 0.717) is 11.2 Å². The maximum absolute atomic E-state index is 10.3. The number of anilines is 1. The predicted octanol–water partition coefficient (Wildman–Crippen LogP) is -1.14. The fourth-order valence-electron chi connectivity index (χ4n) is 2.74. The van der Waals surface area contributed by atoms with Crippen LogP contribution in [0, 0.1) is 0 Å². The van der Waals surface area contributed by atoms with Crippen molar-refractivity contribution in [1.82, 2.24) is 14.6 Å². The number of ether oxygens (including phenoxy) is 1. The van der Waals surface area contributed by atoms with Crippen molar-refractivity contribution in [2.24, 2.45) is 0 Å². The summed E-state index contributed by atoms with van der Waals surface area (Å²) in [6, 6.07) is 3.30. The SMILES string of the molecule is C[C@@]1(c2ccc3c(NO)ncnn23)O[C@H](CO)[C@@H](O)[C@H]1O. The second kappa shape index (κ2) is 4.90. The summed E-state index contributed by atoms with van der Waals surface area (Å²) >= 11 is 0. The van der Waals surface area contributed by atoms with E-state index in [9.17, 15) is 15.3 Å². The summed E-state index contributed by atoms with van der Waals surface area (Å²) < 4.78 is 7.08. The Bertz CT molecular complexity index is 662. The monoisotopic (exact) mass is 296 g/mol. The van der Waals surface area contributed by atoms with Crippen molar-refractivity contribution in [3.63, 3.8) is 0 Å². The molecule has 0 saturated carbocycles. The minimum Gasteiger partial charge on any atom is -0.394 e. The fraction of sp³-hybridized carbons (Fsp3) is 0.500. The van der Waals surface area contributed by atoms with Crippen molar-refractivity contribution in [2.45, 2.75) is 30.8 Å². The number of aliphatic hydroxyl groups excluding tert-OH is 3. The Hall–Kier alpha value is -1.78. The van der Waals surface area contributed by atoms with E-state index in [1.807, 2.05) is 5.48 Å². The van der Waals surface area contributed by atoms with Crippen molar-refractivity contribution in [3.05, 3.63) is 24.2 Å². The quantitative estimate of drug-likeness (QED) is 0.449. The normalized spacial score (nSPS) is 32.7. The standard InChI is InChI=1S/C12H16N4O5/c1-12(10(19)9(18)7(4-17)21-12)8-3-2-6-11(15-20)13-5-14-16(6)8/h2-3,5,7,9-10,17-20H,4H2,1H3,(H,13,14,15)/t7-,9-,10-,12+/m1/s1. The van der Waals surface area contributed by atoms with Gasteiger partial charge in [-0.2, -0.15) is 5.10 Å². The highest BCUT2D eigenvalue weighted by molar-refractivity contribution is 5.67. The molecule has 1 fully saturated rings. The average molecular weight is 296 g/mol. The molecule has 0 spiro atoms. The van der Waals surface area contributed by atoms with Gasteiger partial charge in [0.1, 0.15) is 35.8 Å². The van der Waals surface area contributed by atoms with Gasteiger partial charge in [-0.3, -0.25) is 10.7 Å². The first-order valence-corrected chi connectivity index (χ1v) is 6.41. The van der Waals surface area contributed by atoms with E-state index in [4.69, 9.17) is 9.94 Å². The summed E-state index contributed by atoms with van der Waals surface area (Å²) in [7, 11) is 0. The van der Waals surface area contributed by atoms with E-state index in [1.54, 1.807) is 19.1 Å². The van der Waals surface area contributed by atoms with Crippen molar-refractivity contribution < 1.29 is 25.3 Å². The van der Waals surface area contributed by atoms with Gasteiger partial charge in [-0.05, 0) is 19.1 Å². The average Bonchev–Trinajstić information content (AvgIpc) is 3.03. The summed E-state index contributed by atoms with van der Waals surface area (Å²) in [5.41, 5.74) is 1.66. The number of nitrogens with zero attached hydrogens (tertiary/aromatic N) is 3. The lowest BCUT2D eigenvalue weighted by Gasteiger charge is -2.27. The van der Waals surface area contributed by atoms with Gasteiger partial charge in [0.15, 0.2) is 5.82 Å². The molecule has 0 radical (unpaired) electrons. The van der Waals surface area contributed by atoms with Crippen LogP contribution in [0.15, 0.2) is 18.5 Å². The first-order valence-electron chi connectivity index (χ1n) is 6.41. The number of rotatable bonds is 3. The molecule has 4 atom stereocenters. The van der Waals surface area contributed by atoms with E-state index in [2.05, 4.69) is 10.1 Å². The van der Waals surface area contributed by atoms with Crippen molar-refractivity contribution in [3.8, 4) is 0 Å². The highest BCUT2D eigenvalue weighted by Crippen LogP contribution is 2.40. The summed E-state index contributed by atoms with van der Waals surface area (Å²) in [6.45, 7) is 1.20. The zero-order valence-corrected chi connectivity index (χ0v) is 11.2. The smallest absolute Gasteiger partial charge is 0.177 e. The maximum Gasteiger partial charge on any atom is 0.177 e. The topological polar surface area (TPSA) is 132 Å². The molecule has 3 rings (SSSR count). The Balaban J connectivity index is 2.12.